The number of halogens is 1. The fourth-order valence-electron chi connectivity index (χ4n) is 2.68. The molecule has 1 heterocycles. The lowest BCUT2D eigenvalue weighted by molar-refractivity contribution is 0.471. The number of benzene rings is 1. The van der Waals surface area contributed by atoms with Crippen LogP contribution in [0, 0.1) is 19.8 Å². The van der Waals surface area contributed by atoms with Crippen LogP contribution >= 0.6 is 12.4 Å². The number of nitrogens with two attached hydrogens (primary N) is 1. The predicted octanol–water partition coefficient (Wildman–Crippen LogP) is 2.56. The first-order valence-electron chi connectivity index (χ1n) is 8.06. The van der Waals surface area contributed by atoms with E-state index in [2.05, 4.69) is 23.7 Å². The van der Waals surface area contributed by atoms with Crippen LogP contribution in [0.4, 0.5) is 0 Å². The molecule has 6 nitrogen and oxygen atoms in total. The van der Waals surface area contributed by atoms with Crippen LogP contribution in [0.15, 0.2) is 35.2 Å². The molecule has 2 aromatic rings. The van der Waals surface area contributed by atoms with Gasteiger partial charge in [0.1, 0.15) is 4.90 Å². The highest BCUT2D eigenvalue weighted by Crippen LogP contribution is 2.20. The summed E-state index contributed by atoms with van der Waals surface area (Å²) in [5.74, 6) is 0.387. The SMILES string of the molecule is Cc1nn(CC(C)C)c(C)c1S(=O)(=O)NCC(N)c1ccccc1.Cl. The van der Waals surface area contributed by atoms with Gasteiger partial charge in [-0.15, -0.1) is 12.4 Å². The summed E-state index contributed by atoms with van der Waals surface area (Å²) >= 11 is 0. The molecule has 0 amide bonds. The molecule has 0 aliphatic heterocycles. The summed E-state index contributed by atoms with van der Waals surface area (Å²) in [7, 11) is -3.65. The molecular formula is C17H27ClN4O2S. The molecule has 0 saturated heterocycles. The van der Waals surface area contributed by atoms with E-state index >= 15 is 0 Å². The van der Waals surface area contributed by atoms with Gasteiger partial charge in [0.25, 0.3) is 0 Å². The summed E-state index contributed by atoms with van der Waals surface area (Å²) in [6.07, 6.45) is 0. The van der Waals surface area contributed by atoms with Gasteiger partial charge in [-0.1, -0.05) is 44.2 Å². The maximum atomic E-state index is 12.7. The van der Waals surface area contributed by atoms with Crippen molar-refractivity contribution in [2.24, 2.45) is 11.7 Å². The molecule has 25 heavy (non-hydrogen) atoms. The number of aromatic nitrogens is 2. The average molecular weight is 387 g/mol. The zero-order valence-electron chi connectivity index (χ0n) is 15.1. The van der Waals surface area contributed by atoms with Crippen LogP contribution in [0.5, 0.6) is 0 Å². The minimum Gasteiger partial charge on any atom is -0.323 e. The minimum absolute atomic E-state index is 0. The van der Waals surface area contributed by atoms with E-state index in [9.17, 15) is 8.42 Å². The summed E-state index contributed by atoms with van der Waals surface area (Å²) < 4.78 is 29.7. The predicted molar refractivity (Wildman–Crippen MR) is 102 cm³/mol. The number of nitrogens with one attached hydrogen (secondary N) is 1. The number of hydrogen-bond donors (Lipinski definition) is 2. The van der Waals surface area contributed by atoms with Gasteiger partial charge in [-0.05, 0) is 25.3 Å². The largest absolute Gasteiger partial charge is 0.323 e. The molecule has 1 aromatic heterocycles. The lowest BCUT2D eigenvalue weighted by Crippen LogP contribution is -2.32. The zero-order chi connectivity index (χ0) is 17.9. The summed E-state index contributed by atoms with van der Waals surface area (Å²) in [5, 5.41) is 4.37. The van der Waals surface area contributed by atoms with Crippen molar-refractivity contribution in [2.45, 2.75) is 45.2 Å². The maximum absolute atomic E-state index is 12.7. The quantitative estimate of drug-likeness (QED) is 0.765. The highest BCUT2D eigenvalue weighted by molar-refractivity contribution is 7.89. The van der Waals surface area contributed by atoms with Crippen molar-refractivity contribution in [3.8, 4) is 0 Å². The van der Waals surface area contributed by atoms with Crippen molar-refractivity contribution in [2.75, 3.05) is 6.54 Å². The Labute approximate surface area is 156 Å². The molecule has 8 heteroatoms. The van der Waals surface area contributed by atoms with Crippen molar-refractivity contribution >= 4 is 22.4 Å². The molecule has 0 bridgehead atoms. The van der Waals surface area contributed by atoms with Gasteiger partial charge in [0, 0.05) is 19.1 Å². The van der Waals surface area contributed by atoms with Gasteiger partial charge in [0.05, 0.1) is 11.4 Å². The van der Waals surface area contributed by atoms with Crippen LogP contribution in [-0.2, 0) is 16.6 Å². The van der Waals surface area contributed by atoms with Crippen LogP contribution in [-0.4, -0.2) is 24.7 Å². The van der Waals surface area contributed by atoms with E-state index in [1.807, 2.05) is 30.3 Å². The van der Waals surface area contributed by atoms with Gasteiger partial charge in [-0.25, -0.2) is 13.1 Å². The highest BCUT2D eigenvalue weighted by atomic mass is 35.5. The highest BCUT2D eigenvalue weighted by Gasteiger charge is 2.25. The molecule has 0 aliphatic rings. The van der Waals surface area contributed by atoms with E-state index in [1.54, 1.807) is 18.5 Å². The second kappa shape index (κ2) is 8.80. The first kappa shape index (κ1) is 21.6. The Morgan fingerprint density at radius 1 is 1.20 bits per heavy atom. The summed E-state index contributed by atoms with van der Waals surface area (Å²) in [6.45, 7) is 8.47. The number of rotatable bonds is 7. The first-order chi connectivity index (χ1) is 11.2. The Hall–Kier alpha value is -1.41. The van der Waals surface area contributed by atoms with Crippen molar-refractivity contribution in [3.63, 3.8) is 0 Å². The van der Waals surface area contributed by atoms with Crippen LogP contribution in [0.1, 0.15) is 36.8 Å². The fraction of sp³-hybridized carbons (Fsp3) is 0.471. The van der Waals surface area contributed by atoms with Crippen molar-refractivity contribution < 1.29 is 8.42 Å². The first-order valence-corrected chi connectivity index (χ1v) is 9.55. The Kier molecular flexibility index (Phi) is 7.62. The molecule has 0 saturated carbocycles. The molecule has 1 unspecified atom stereocenters. The van der Waals surface area contributed by atoms with Crippen LogP contribution in [0.25, 0.3) is 0 Å². The van der Waals surface area contributed by atoms with Crippen molar-refractivity contribution in [1.29, 1.82) is 0 Å². The molecule has 1 aromatic carbocycles. The molecule has 0 radical (unpaired) electrons. The van der Waals surface area contributed by atoms with E-state index < -0.39 is 16.1 Å². The number of aryl methyl sites for hydroxylation is 1. The van der Waals surface area contributed by atoms with Crippen LogP contribution in [0.2, 0.25) is 0 Å². The minimum atomic E-state index is -3.65. The third-order valence-electron chi connectivity index (χ3n) is 3.84. The smallest absolute Gasteiger partial charge is 0.244 e. The van der Waals surface area contributed by atoms with E-state index in [0.29, 0.717) is 23.9 Å². The van der Waals surface area contributed by atoms with E-state index in [-0.39, 0.29) is 23.8 Å². The summed E-state index contributed by atoms with van der Waals surface area (Å²) in [5.41, 5.74) is 8.14. The van der Waals surface area contributed by atoms with Crippen LogP contribution in [0.3, 0.4) is 0 Å². The Morgan fingerprint density at radius 2 is 1.80 bits per heavy atom. The fourth-order valence-corrected chi connectivity index (χ4v) is 4.15. The Morgan fingerprint density at radius 3 is 2.36 bits per heavy atom. The number of sulfonamides is 1. The standard InChI is InChI=1S/C17H26N4O2S.ClH/c1-12(2)11-21-14(4)17(13(3)20-21)24(22,23)19-10-16(18)15-8-6-5-7-9-15;/h5-9,12,16,19H,10-11,18H2,1-4H3;1H. The third kappa shape index (κ3) is 5.28. The monoisotopic (exact) mass is 386 g/mol. The van der Waals surface area contributed by atoms with Gasteiger partial charge in [0.15, 0.2) is 0 Å². The van der Waals surface area contributed by atoms with E-state index in [4.69, 9.17) is 5.73 Å². The van der Waals surface area contributed by atoms with Gasteiger partial charge >= 0.3 is 0 Å². The third-order valence-corrected chi connectivity index (χ3v) is 5.52. The molecule has 0 fully saturated rings. The average Bonchev–Trinajstić information content (AvgIpc) is 2.79. The normalized spacial score (nSPS) is 12.9. The lowest BCUT2D eigenvalue weighted by Gasteiger charge is -2.14. The topological polar surface area (TPSA) is 90.0 Å². The van der Waals surface area contributed by atoms with E-state index in [1.165, 1.54) is 0 Å². The molecule has 2 rings (SSSR count). The summed E-state index contributed by atoms with van der Waals surface area (Å²) in [6, 6.07) is 9.04. The van der Waals surface area contributed by atoms with Gasteiger partial charge in [0.2, 0.25) is 10.0 Å². The van der Waals surface area contributed by atoms with Gasteiger partial charge in [-0.3, -0.25) is 4.68 Å². The van der Waals surface area contributed by atoms with Crippen molar-refractivity contribution in [3.05, 3.63) is 47.3 Å². The number of hydrogen-bond acceptors (Lipinski definition) is 4. The molecule has 1 atom stereocenters. The molecule has 140 valence electrons. The van der Waals surface area contributed by atoms with Crippen LogP contribution < -0.4 is 10.5 Å². The molecular weight excluding hydrogens is 360 g/mol. The second-order valence-corrected chi connectivity index (χ2v) is 8.15. The zero-order valence-corrected chi connectivity index (χ0v) is 16.7. The Bertz CT molecular complexity index is 788. The maximum Gasteiger partial charge on any atom is 0.244 e. The number of nitrogens with zero attached hydrogens (tertiary/aromatic N) is 2. The second-order valence-electron chi connectivity index (χ2n) is 6.44. The summed E-state index contributed by atoms with van der Waals surface area (Å²) in [4.78, 5) is 0.253. The van der Waals surface area contributed by atoms with Crippen molar-refractivity contribution in [1.82, 2.24) is 14.5 Å². The Balaban J connectivity index is 0.00000312. The van der Waals surface area contributed by atoms with Gasteiger partial charge < -0.3 is 5.73 Å². The molecule has 0 aliphatic carbocycles. The molecule has 3 N–H and O–H groups in total. The lowest BCUT2D eigenvalue weighted by atomic mass is 10.1. The molecule has 0 spiro atoms. The van der Waals surface area contributed by atoms with E-state index in [0.717, 1.165) is 5.56 Å². The van der Waals surface area contributed by atoms with Gasteiger partial charge in [-0.2, -0.15) is 5.10 Å².